The van der Waals surface area contributed by atoms with Crippen LogP contribution in [0.3, 0.4) is 0 Å². The molecule has 0 spiro atoms. The summed E-state index contributed by atoms with van der Waals surface area (Å²) in [6.07, 6.45) is 0. The van der Waals surface area contributed by atoms with Gasteiger partial charge in [0.15, 0.2) is 0 Å². The third kappa shape index (κ3) is 1.44. The normalized spacial score (nSPS) is 26.1. The van der Waals surface area contributed by atoms with Crippen molar-refractivity contribution in [1.82, 2.24) is 4.31 Å². The summed E-state index contributed by atoms with van der Waals surface area (Å²) in [6, 6.07) is 7.25. The van der Waals surface area contributed by atoms with Gasteiger partial charge in [-0.1, -0.05) is 18.2 Å². The first-order chi connectivity index (χ1) is 6.53. The lowest BCUT2D eigenvalue weighted by atomic mass is 10.2. The van der Waals surface area contributed by atoms with Gasteiger partial charge in [0.1, 0.15) is 0 Å². The molecule has 2 rings (SSSR count). The van der Waals surface area contributed by atoms with Crippen molar-refractivity contribution in [1.29, 1.82) is 0 Å². The Bertz CT molecular complexity index is 453. The summed E-state index contributed by atoms with van der Waals surface area (Å²) >= 11 is 0. The summed E-state index contributed by atoms with van der Waals surface area (Å²) in [7, 11) is -3.21. The fraction of sp³-hybridized carbons (Fsp3) is 0.400. The van der Waals surface area contributed by atoms with Gasteiger partial charge in [0.2, 0.25) is 10.0 Å². The molecular weight excluding hydrogens is 198 g/mol. The van der Waals surface area contributed by atoms with Crippen LogP contribution in [0.15, 0.2) is 29.2 Å². The zero-order valence-corrected chi connectivity index (χ0v) is 9.08. The fourth-order valence-electron chi connectivity index (χ4n) is 1.52. The van der Waals surface area contributed by atoms with Crippen LogP contribution in [0.1, 0.15) is 12.5 Å². The Morgan fingerprint density at radius 2 is 1.93 bits per heavy atom. The van der Waals surface area contributed by atoms with Gasteiger partial charge >= 0.3 is 0 Å². The number of nitrogens with zero attached hydrogens (tertiary/aromatic N) is 1. The van der Waals surface area contributed by atoms with Crippen LogP contribution in [0.5, 0.6) is 0 Å². The van der Waals surface area contributed by atoms with Gasteiger partial charge in [0.25, 0.3) is 0 Å². The molecule has 0 amide bonds. The Morgan fingerprint density at radius 1 is 1.36 bits per heavy atom. The second kappa shape index (κ2) is 3.07. The first kappa shape index (κ1) is 9.68. The molecule has 0 radical (unpaired) electrons. The zero-order valence-electron chi connectivity index (χ0n) is 8.27. The van der Waals surface area contributed by atoms with Crippen molar-refractivity contribution in [3.63, 3.8) is 0 Å². The van der Waals surface area contributed by atoms with Crippen LogP contribution in [-0.4, -0.2) is 25.3 Å². The van der Waals surface area contributed by atoms with Gasteiger partial charge in [-0.3, -0.25) is 0 Å². The van der Waals surface area contributed by atoms with Crippen molar-refractivity contribution in [3.8, 4) is 0 Å². The van der Waals surface area contributed by atoms with E-state index in [1.807, 2.05) is 26.0 Å². The highest BCUT2D eigenvalue weighted by atomic mass is 32.2. The van der Waals surface area contributed by atoms with Gasteiger partial charge in [-0.2, -0.15) is 4.31 Å². The Kier molecular flexibility index (Phi) is 2.12. The van der Waals surface area contributed by atoms with E-state index in [9.17, 15) is 8.42 Å². The fourth-order valence-corrected chi connectivity index (χ4v) is 3.38. The molecule has 0 bridgehead atoms. The van der Waals surface area contributed by atoms with Gasteiger partial charge in [-0.25, -0.2) is 8.42 Å². The molecule has 1 aliphatic rings. The minimum absolute atomic E-state index is 0.166. The largest absolute Gasteiger partial charge is 0.243 e. The quantitative estimate of drug-likeness (QED) is 0.693. The van der Waals surface area contributed by atoms with Gasteiger partial charge < -0.3 is 0 Å². The molecule has 1 unspecified atom stereocenters. The number of hydrogen-bond acceptors (Lipinski definition) is 2. The van der Waals surface area contributed by atoms with Crippen molar-refractivity contribution < 1.29 is 8.42 Å². The van der Waals surface area contributed by atoms with Crippen LogP contribution in [0, 0.1) is 6.92 Å². The molecule has 4 heteroatoms. The second-order valence-corrected chi connectivity index (χ2v) is 5.55. The van der Waals surface area contributed by atoms with E-state index in [4.69, 9.17) is 0 Å². The zero-order chi connectivity index (χ0) is 10.3. The summed E-state index contributed by atoms with van der Waals surface area (Å²) in [5.41, 5.74) is 0.812. The minimum atomic E-state index is -3.21. The first-order valence-electron chi connectivity index (χ1n) is 4.61. The van der Waals surface area contributed by atoms with Crippen molar-refractivity contribution in [2.45, 2.75) is 24.8 Å². The molecule has 1 heterocycles. The Balaban J connectivity index is 2.45. The highest BCUT2D eigenvalue weighted by molar-refractivity contribution is 7.89. The molecule has 1 aromatic carbocycles. The lowest BCUT2D eigenvalue weighted by Crippen LogP contribution is -2.14. The van der Waals surface area contributed by atoms with Crippen LogP contribution >= 0.6 is 0 Å². The molecule has 0 N–H and O–H groups in total. The summed E-state index contributed by atoms with van der Waals surface area (Å²) < 4.78 is 25.4. The number of benzene rings is 1. The molecule has 2 atom stereocenters. The molecule has 1 saturated heterocycles. The second-order valence-electron chi connectivity index (χ2n) is 3.69. The Labute approximate surface area is 84.4 Å². The summed E-state index contributed by atoms with van der Waals surface area (Å²) in [4.78, 5) is 0.435. The van der Waals surface area contributed by atoms with E-state index in [2.05, 4.69) is 0 Å². The molecule has 0 saturated carbocycles. The maximum atomic E-state index is 12.0. The standard InChI is InChI=1S/C10H13NO2S/c1-8-5-3-4-6-10(8)14(12,13)11-7-9(11)2/h3-6,9H,7H2,1-2H3/t9-,11?/m0/s1. The monoisotopic (exact) mass is 211 g/mol. The molecule has 14 heavy (non-hydrogen) atoms. The first-order valence-corrected chi connectivity index (χ1v) is 6.05. The number of sulfonamides is 1. The number of aryl methyl sites for hydroxylation is 1. The highest BCUT2D eigenvalue weighted by Crippen LogP contribution is 2.28. The third-order valence-corrected chi connectivity index (χ3v) is 4.62. The van der Waals surface area contributed by atoms with E-state index in [1.165, 1.54) is 4.31 Å². The SMILES string of the molecule is Cc1ccccc1S(=O)(=O)N1C[C@@H]1C. The summed E-state index contributed by atoms with van der Waals surface area (Å²) in [5, 5.41) is 0. The maximum Gasteiger partial charge on any atom is 0.243 e. The third-order valence-electron chi connectivity index (χ3n) is 2.48. The molecule has 76 valence electrons. The van der Waals surface area contributed by atoms with Gasteiger partial charge in [0, 0.05) is 12.6 Å². The molecule has 0 aromatic heterocycles. The highest BCUT2D eigenvalue weighted by Gasteiger charge is 2.41. The predicted molar refractivity (Wildman–Crippen MR) is 54.5 cm³/mol. The molecule has 1 aliphatic heterocycles. The van der Waals surface area contributed by atoms with Crippen molar-refractivity contribution >= 4 is 10.0 Å². The van der Waals surface area contributed by atoms with Crippen LogP contribution in [-0.2, 0) is 10.0 Å². The molecular formula is C10H13NO2S. The Hall–Kier alpha value is -0.870. The van der Waals surface area contributed by atoms with E-state index in [-0.39, 0.29) is 6.04 Å². The van der Waals surface area contributed by atoms with E-state index in [0.717, 1.165) is 5.56 Å². The molecule has 1 fully saturated rings. The average Bonchev–Trinajstić information content (AvgIpc) is 2.84. The van der Waals surface area contributed by atoms with Crippen molar-refractivity contribution in [2.75, 3.05) is 6.54 Å². The van der Waals surface area contributed by atoms with Gasteiger partial charge in [-0.05, 0) is 25.5 Å². The molecule has 1 aromatic rings. The van der Waals surface area contributed by atoms with Crippen LogP contribution < -0.4 is 0 Å². The smallest absolute Gasteiger partial charge is 0.207 e. The number of rotatable bonds is 2. The predicted octanol–water partition coefficient (Wildman–Crippen LogP) is 1.39. The maximum absolute atomic E-state index is 12.0. The number of hydrogen-bond donors (Lipinski definition) is 0. The van der Waals surface area contributed by atoms with Gasteiger partial charge in [-0.15, -0.1) is 0 Å². The lowest BCUT2D eigenvalue weighted by Gasteiger charge is -2.07. The van der Waals surface area contributed by atoms with E-state index < -0.39 is 10.0 Å². The average molecular weight is 211 g/mol. The van der Waals surface area contributed by atoms with Gasteiger partial charge in [0.05, 0.1) is 4.90 Å². The van der Waals surface area contributed by atoms with Crippen LogP contribution in [0.2, 0.25) is 0 Å². The minimum Gasteiger partial charge on any atom is -0.207 e. The van der Waals surface area contributed by atoms with Crippen molar-refractivity contribution in [2.24, 2.45) is 0 Å². The van der Waals surface area contributed by atoms with Crippen LogP contribution in [0.25, 0.3) is 0 Å². The molecule has 3 nitrogen and oxygen atoms in total. The van der Waals surface area contributed by atoms with Crippen LogP contribution in [0.4, 0.5) is 0 Å². The lowest BCUT2D eigenvalue weighted by molar-refractivity contribution is 0.555. The van der Waals surface area contributed by atoms with E-state index in [0.29, 0.717) is 11.4 Å². The van der Waals surface area contributed by atoms with E-state index >= 15 is 0 Å². The topological polar surface area (TPSA) is 37.1 Å². The van der Waals surface area contributed by atoms with E-state index in [1.54, 1.807) is 12.1 Å². The van der Waals surface area contributed by atoms with Crippen molar-refractivity contribution in [3.05, 3.63) is 29.8 Å². The Morgan fingerprint density at radius 3 is 2.43 bits per heavy atom. The summed E-state index contributed by atoms with van der Waals surface area (Å²) in [5.74, 6) is 0. The summed E-state index contributed by atoms with van der Waals surface area (Å²) in [6.45, 7) is 4.38. The molecule has 0 aliphatic carbocycles.